The zero-order chi connectivity index (χ0) is 20.6. The number of aryl methyl sites for hydroxylation is 1. The number of fused-ring (bicyclic) bond motifs is 4. The fraction of sp³-hybridized carbons (Fsp3) is 0.704. The Morgan fingerprint density at radius 1 is 0.710 bits per heavy atom. The van der Waals surface area contributed by atoms with E-state index in [1.54, 1.807) is 23.3 Å². The number of rotatable bonds is 2. The van der Waals surface area contributed by atoms with Gasteiger partial charge in [-0.2, -0.15) is 4.31 Å². The Labute approximate surface area is 186 Å². The molecule has 1 aliphatic heterocycles. The average Bonchev–Trinajstić information content (AvgIpc) is 3.59. The Balaban J connectivity index is 1.21. The van der Waals surface area contributed by atoms with Crippen molar-refractivity contribution in [1.82, 2.24) is 4.31 Å². The molecule has 3 nitrogen and oxygen atoms in total. The lowest BCUT2D eigenvalue weighted by molar-refractivity contribution is -0.0592. The van der Waals surface area contributed by atoms with Crippen molar-refractivity contribution >= 4 is 10.0 Å². The van der Waals surface area contributed by atoms with Crippen LogP contribution in [0.25, 0.3) is 0 Å². The second-order valence-electron chi connectivity index (χ2n) is 12.2. The number of hydrogen-bond acceptors (Lipinski definition) is 2. The monoisotopic (exact) mass is 435 g/mol. The van der Waals surface area contributed by atoms with Gasteiger partial charge in [0, 0.05) is 13.1 Å². The van der Waals surface area contributed by atoms with Gasteiger partial charge in [-0.3, -0.25) is 0 Å². The first kappa shape index (κ1) is 18.3. The third-order valence-electron chi connectivity index (χ3n) is 11.3. The van der Waals surface area contributed by atoms with Crippen molar-refractivity contribution in [3.8, 4) is 0 Å². The van der Waals surface area contributed by atoms with E-state index in [9.17, 15) is 8.42 Å². The normalized spacial score (nSPS) is 49.1. The minimum atomic E-state index is -3.41. The third-order valence-corrected chi connectivity index (χ3v) is 13.1. The van der Waals surface area contributed by atoms with E-state index in [4.69, 9.17) is 0 Å². The SMILES string of the molecule is Cc1ccc(S(=O)(=O)N2CC3=C(C2)C2[C@@H]4[C@H]5CC[C@H](C5)[C@@H]4C3[C@@H]3[C@H]4CC[C@H](C4)[C@H]23)cc1. The van der Waals surface area contributed by atoms with Crippen LogP contribution in [0, 0.1) is 66.1 Å². The van der Waals surface area contributed by atoms with Crippen LogP contribution >= 0.6 is 0 Å². The molecule has 5 fully saturated rings. The zero-order valence-electron chi connectivity index (χ0n) is 18.4. The van der Waals surface area contributed by atoms with Crippen LogP contribution in [0.3, 0.4) is 0 Å². The predicted molar refractivity (Wildman–Crippen MR) is 120 cm³/mol. The maximum absolute atomic E-state index is 13.6. The summed E-state index contributed by atoms with van der Waals surface area (Å²) in [6, 6.07) is 7.48. The molecule has 31 heavy (non-hydrogen) atoms. The lowest BCUT2D eigenvalue weighted by Crippen LogP contribution is -2.55. The number of nitrogens with zero attached hydrogens (tertiary/aromatic N) is 1. The lowest BCUT2D eigenvalue weighted by atomic mass is 9.44. The first-order valence-electron chi connectivity index (χ1n) is 12.8. The first-order chi connectivity index (χ1) is 15.0. The molecule has 0 aromatic heterocycles. The van der Waals surface area contributed by atoms with Crippen LogP contribution in [0.2, 0.25) is 0 Å². The lowest BCUT2D eigenvalue weighted by Gasteiger charge is -2.60. The highest BCUT2D eigenvalue weighted by Crippen LogP contribution is 2.75. The molecule has 6 bridgehead atoms. The van der Waals surface area contributed by atoms with Crippen molar-refractivity contribution in [3.63, 3.8) is 0 Å². The summed E-state index contributed by atoms with van der Waals surface area (Å²) < 4.78 is 29.1. The molecular weight excluding hydrogens is 402 g/mol. The van der Waals surface area contributed by atoms with Gasteiger partial charge < -0.3 is 0 Å². The van der Waals surface area contributed by atoms with Gasteiger partial charge in [0.15, 0.2) is 0 Å². The fourth-order valence-electron chi connectivity index (χ4n) is 10.6. The molecule has 0 spiro atoms. The van der Waals surface area contributed by atoms with Crippen molar-refractivity contribution in [1.29, 1.82) is 0 Å². The Kier molecular flexibility index (Phi) is 3.46. The average molecular weight is 436 g/mol. The Hall–Kier alpha value is -1.13. The summed E-state index contributed by atoms with van der Waals surface area (Å²) in [6.45, 7) is 3.40. The summed E-state index contributed by atoms with van der Waals surface area (Å²) >= 11 is 0. The molecule has 0 radical (unpaired) electrons. The molecular formula is C27H33NO2S. The van der Waals surface area contributed by atoms with Gasteiger partial charge in [-0.15, -0.1) is 0 Å². The maximum atomic E-state index is 13.6. The largest absolute Gasteiger partial charge is 0.243 e. The van der Waals surface area contributed by atoms with Gasteiger partial charge in [-0.05, 0) is 117 Å². The summed E-state index contributed by atoms with van der Waals surface area (Å²) in [7, 11) is -3.41. The van der Waals surface area contributed by atoms with E-state index in [2.05, 4.69) is 0 Å². The van der Waals surface area contributed by atoms with Crippen molar-refractivity contribution in [2.24, 2.45) is 59.2 Å². The van der Waals surface area contributed by atoms with E-state index >= 15 is 0 Å². The van der Waals surface area contributed by atoms with Gasteiger partial charge in [0.05, 0.1) is 4.90 Å². The molecule has 4 heteroatoms. The van der Waals surface area contributed by atoms with Gasteiger partial charge in [-0.1, -0.05) is 28.8 Å². The Morgan fingerprint density at radius 2 is 1.13 bits per heavy atom. The highest BCUT2D eigenvalue weighted by atomic mass is 32.2. The van der Waals surface area contributed by atoms with Crippen molar-refractivity contribution in [2.75, 3.05) is 13.1 Å². The van der Waals surface area contributed by atoms with Crippen LogP contribution in [0.15, 0.2) is 40.3 Å². The van der Waals surface area contributed by atoms with Gasteiger partial charge in [-0.25, -0.2) is 8.42 Å². The van der Waals surface area contributed by atoms with Crippen LogP contribution in [0.1, 0.15) is 44.1 Å². The van der Waals surface area contributed by atoms with Gasteiger partial charge in [0.1, 0.15) is 0 Å². The van der Waals surface area contributed by atoms with Crippen LogP contribution in [0.4, 0.5) is 0 Å². The summed E-state index contributed by atoms with van der Waals surface area (Å²) in [4.78, 5) is 0.478. The van der Waals surface area contributed by atoms with Crippen molar-refractivity contribution in [2.45, 2.75) is 50.3 Å². The predicted octanol–water partition coefficient (Wildman–Crippen LogP) is 4.88. The maximum Gasteiger partial charge on any atom is 0.243 e. The van der Waals surface area contributed by atoms with Crippen LogP contribution < -0.4 is 0 Å². The van der Waals surface area contributed by atoms with Gasteiger partial charge in [0.2, 0.25) is 10.0 Å². The molecule has 10 atom stereocenters. The van der Waals surface area contributed by atoms with E-state index in [0.717, 1.165) is 64.7 Å². The molecule has 1 aromatic carbocycles. The molecule has 8 aliphatic rings. The van der Waals surface area contributed by atoms with Crippen molar-refractivity contribution in [3.05, 3.63) is 41.0 Å². The highest BCUT2D eigenvalue weighted by molar-refractivity contribution is 7.89. The Bertz CT molecular complexity index is 1020. The van der Waals surface area contributed by atoms with E-state index in [0.29, 0.717) is 18.0 Å². The molecule has 0 saturated heterocycles. The second-order valence-corrected chi connectivity index (χ2v) is 14.1. The minimum Gasteiger partial charge on any atom is -0.207 e. The molecule has 0 amide bonds. The molecule has 7 aliphatic carbocycles. The quantitative estimate of drug-likeness (QED) is 0.621. The highest BCUT2D eigenvalue weighted by Gasteiger charge is 2.70. The molecule has 5 saturated carbocycles. The molecule has 2 unspecified atom stereocenters. The number of hydrogen-bond donors (Lipinski definition) is 0. The minimum absolute atomic E-state index is 0.478. The standard InChI is InChI=1S/C27H33NO2S/c1-14-2-8-19(9-3-14)31(29,30)28-12-20-21(13-28)27-23-16-5-4-15(10-16)22(23)26(20)24-17-6-7-18(11-17)25(24)27/h2-3,8-9,15-18,22-27H,4-7,10-13H2,1H3/t15-,16+,17+,18-,22+,23-,24-,25+,26?,27?. The van der Waals surface area contributed by atoms with Crippen LogP contribution in [-0.4, -0.2) is 25.8 Å². The summed E-state index contributed by atoms with van der Waals surface area (Å²) in [6.07, 6.45) is 8.79. The molecule has 1 heterocycles. The van der Waals surface area contributed by atoms with E-state index in [-0.39, 0.29) is 0 Å². The zero-order valence-corrected chi connectivity index (χ0v) is 19.2. The molecule has 164 valence electrons. The summed E-state index contributed by atoms with van der Waals surface area (Å²) in [5.41, 5.74) is 4.34. The second kappa shape index (κ2) is 5.86. The first-order valence-corrected chi connectivity index (χ1v) is 14.2. The fourth-order valence-corrected chi connectivity index (χ4v) is 12.0. The van der Waals surface area contributed by atoms with Gasteiger partial charge >= 0.3 is 0 Å². The van der Waals surface area contributed by atoms with E-state index in [1.165, 1.54) is 38.5 Å². The molecule has 9 rings (SSSR count). The Morgan fingerprint density at radius 3 is 1.55 bits per heavy atom. The van der Waals surface area contributed by atoms with Gasteiger partial charge in [0.25, 0.3) is 0 Å². The molecule has 0 N–H and O–H groups in total. The third kappa shape index (κ3) is 2.13. The van der Waals surface area contributed by atoms with E-state index in [1.807, 2.05) is 23.4 Å². The van der Waals surface area contributed by atoms with Crippen molar-refractivity contribution < 1.29 is 8.42 Å². The summed E-state index contributed by atoms with van der Waals surface area (Å²) in [5, 5.41) is 0. The molecule has 1 aromatic rings. The number of benzene rings is 1. The van der Waals surface area contributed by atoms with E-state index < -0.39 is 10.0 Å². The number of sulfonamides is 1. The summed E-state index contributed by atoms with van der Waals surface area (Å²) in [5.74, 6) is 8.79. The smallest absolute Gasteiger partial charge is 0.207 e. The van der Waals surface area contributed by atoms with Crippen LogP contribution in [0.5, 0.6) is 0 Å². The topological polar surface area (TPSA) is 37.4 Å². The van der Waals surface area contributed by atoms with Crippen LogP contribution in [-0.2, 0) is 10.0 Å².